The molecule has 8 heteroatoms. The summed E-state index contributed by atoms with van der Waals surface area (Å²) in [5.41, 5.74) is 2.39. The van der Waals surface area contributed by atoms with E-state index >= 15 is 0 Å². The maximum absolute atomic E-state index is 12.5. The summed E-state index contributed by atoms with van der Waals surface area (Å²) in [5.74, 6) is 1.09. The van der Waals surface area contributed by atoms with Gasteiger partial charge in [-0.2, -0.15) is 0 Å². The van der Waals surface area contributed by atoms with Crippen LogP contribution >= 0.6 is 23.1 Å². The van der Waals surface area contributed by atoms with Crippen LogP contribution in [-0.2, 0) is 11.2 Å². The van der Waals surface area contributed by atoms with E-state index in [1.54, 1.807) is 29.8 Å². The van der Waals surface area contributed by atoms with Crippen molar-refractivity contribution in [2.75, 3.05) is 5.32 Å². The summed E-state index contributed by atoms with van der Waals surface area (Å²) in [7, 11) is 0. The number of thiophene rings is 1. The maximum Gasteiger partial charge on any atom is 0.236 e. The highest BCUT2D eigenvalue weighted by molar-refractivity contribution is 7.99. The van der Waals surface area contributed by atoms with Gasteiger partial charge in [-0.15, -0.1) is 11.3 Å². The normalized spacial score (nSPS) is 10.8. The van der Waals surface area contributed by atoms with Crippen LogP contribution in [0.4, 0.5) is 5.69 Å². The highest BCUT2D eigenvalue weighted by Crippen LogP contribution is 2.29. The highest BCUT2D eigenvalue weighted by Gasteiger charge is 2.16. The summed E-state index contributed by atoms with van der Waals surface area (Å²) < 4.78 is 5.71. The lowest BCUT2D eigenvalue weighted by Gasteiger charge is -2.09. The molecule has 3 heterocycles. The molecule has 0 aliphatic heterocycles. The maximum atomic E-state index is 12.5. The molecule has 0 aliphatic rings. The quantitative estimate of drug-likeness (QED) is 0.433. The van der Waals surface area contributed by atoms with Crippen molar-refractivity contribution in [2.24, 2.45) is 0 Å². The largest absolute Gasteiger partial charge is 0.440 e. The predicted molar refractivity (Wildman–Crippen MR) is 114 cm³/mol. The highest BCUT2D eigenvalue weighted by atomic mass is 32.2. The molecule has 0 saturated heterocycles. The molecule has 6 nitrogen and oxygen atoms in total. The molecule has 0 spiro atoms. The number of oxazole rings is 1. The van der Waals surface area contributed by atoms with Crippen LogP contribution in [0.2, 0.25) is 0 Å². The monoisotopic (exact) mass is 422 g/mol. The summed E-state index contributed by atoms with van der Waals surface area (Å²) in [6.07, 6.45) is 3.59. The summed E-state index contributed by atoms with van der Waals surface area (Å²) in [6, 6.07) is 11.5. The number of anilines is 1. The molecule has 3 aromatic heterocycles. The van der Waals surface area contributed by atoms with Crippen LogP contribution in [0.25, 0.3) is 10.8 Å². The van der Waals surface area contributed by atoms with E-state index in [2.05, 4.69) is 20.3 Å². The van der Waals surface area contributed by atoms with Crippen LogP contribution in [-0.4, -0.2) is 20.9 Å². The number of benzene rings is 1. The van der Waals surface area contributed by atoms with Gasteiger partial charge in [0.15, 0.2) is 5.16 Å². The first-order valence-electron chi connectivity index (χ1n) is 8.94. The van der Waals surface area contributed by atoms with Crippen molar-refractivity contribution in [2.45, 2.75) is 30.3 Å². The van der Waals surface area contributed by atoms with Crippen LogP contribution < -0.4 is 5.32 Å². The molecule has 29 heavy (non-hydrogen) atoms. The standard InChI is InChI=1S/C21H18N4O2S2/c1-13-11-15(29-21-22-8-4-9-23-21)6-7-16(13)24-19(26)12-17-14(2)27-20(25-17)18-5-3-10-28-18/h3-11H,12H2,1-2H3,(H,24,26). The molecule has 0 unspecified atom stereocenters. The van der Waals surface area contributed by atoms with Crippen molar-refractivity contribution in [3.63, 3.8) is 0 Å². The average Bonchev–Trinajstić information content (AvgIpc) is 3.35. The third-order valence-electron chi connectivity index (χ3n) is 4.18. The van der Waals surface area contributed by atoms with Gasteiger partial charge in [-0.05, 0) is 66.9 Å². The number of carbonyl (C=O) groups excluding carboxylic acids is 1. The first-order valence-corrected chi connectivity index (χ1v) is 10.6. The minimum absolute atomic E-state index is 0.131. The van der Waals surface area contributed by atoms with Crippen molar-refractivity contribution >= 4 is 34.7 Å². The van der Waals surface area contributed by atoms with Crippen LogP contribution in [0.1, 0.15) is 17.0 Å². The number of carbonyl (C=O) groups is 1. The molecule has 1 amide bonds. The number of aromatic nitrogens is 3. The topological polar surface area (TPSA) is 80.9 Å². The van der Waals surface area contributed by atoms with Gasteiger partial charge in [0.25, 0.3) is 0 Å². The van der Waals surface area contributed by atoms with Crippen molar-refractivity contribution in [3.05, 3.63) is 71.2 Å². The molecule has 146 valence electrons. The van der Waals surface area contributed by atoms with Crippen molar-refractivity contribution in [1.82, 2.24) is 15.0 Å². The van der Waals surface area contributed by atoms with Crippen molar-refractivity contribution in [1.29, 1.82) is 0 Å². The Kier molecular flexibility index (Phi) is 5.73. The molecule has 0 saturated carbocycles. The molecular weight excluding hydrogens is 404 g/mol. The Balaban J connectivity index is 1.42. The molecule has 0 atom stereocenters. The smallest absolute Gasteiger partial charge is 0.236 e. The molecule has 4 rings (SSSR count). The van der Waals surface area contributed by atoms with Crippen LogP contribution in [0, 0.1) is 13.8 Å². The van der Waals surface area contributed by atoms with Gasteiger partial charge in [-0.25, -0.2) is 15.0 Å². The average molecular weight is 423 g/mol. The first kappa shape index (κ1) is 19.4. The van der Waals surface area contributed by atoms with Gasteiger partial charge in [0.2, 0.25) is 11.8 Å². The fourth-order valence-electron chi connectivity index (χ4n) is 2.73. The van der Waals surface area contributed by atoms with Gasteiger partial charge in [0, 0.05) is 23.0 Å². The van der Waals surface area contributed by atoms with E-state index in [0.717, 1.165) is 21.0 Å². The van der Waals surface area contributed by atoms with E-state index < -0.39 is 0 Å². The Morgan fingerprint density at radius 2 is 2.00 bits per heavy atom. The van der Waals surface area contributed by atoms with Crippen LogP contribution in [0.15, 0.2) is 68.6 Å². The zero-order chi connectivity index (χ0) is 20.2. The zero-order valence-corrected chi connectivity index (χ0v) is 17.5. The van der Waals surface area contributed by atoms with Crippen LogP contribution in [0.5, 0.6) is 0 Å². The summed E-state index contributed by atoms with van der Waals surface area (Å²) >= 11 is 3.03. The van der Waals surface area contributed by atoms with Gasteiger partial charge in [-0.1, -0.05) is 6.07 Å². The van der Waals surface area contributed by atoms with Crippen molar-refractivity contribution < 1.29 is 9.21 Å². The van der Waals surface area contributed by atoms with Crippen molar-refractivity contribution in [3.8, 4) is 10.8 Å². The van der Waals surface area contributed by atoms with E-state index in [-0.39, 0.29) is 12.3 Å². The number of nitrogens with zero attached hydrogens (tertiary/aromatic N) is 3. The number of nitrogens with one attached hydrogen (secondary N) is 1. The minimum Gasteiger partial charge on any atom is -0.440 e. The van der Waals surface area contributed by atoms with Gasteiger partial charge in [0.1, 0.15) is 5.76 Å². The Hall–Kier alpha value is -2.97. The number of aryl methyl sites for hydroxylation is 2. The lowest BCUT2D eigenvalue weighted by molar-refractivity contribution is -0.115. The fraction of sp³-hybridized carbons (Fsp3) is 0.143. The van der Waals surface area contributed by atoms with E-state index in [4.69, 9.17) is 4.42 Å². The Labute approximate surface area is 176 Å². The number of hydrogen-bond donors (Lipinski definition) is 1. The molecule has 0 fully saturated rings. The van der Waals surface area contributed by atoms with Gasteiger partial charge >= 0.3 is 0 Å². The second-order valence-corrected chi connectivity index (χ2v) is 8.32. The second-order valence-electron chi connectivity index (χ2n) is 6.33. The van der Waals surface area contributed by atoms with E-state index in [1.807, 2.05) is 49.6 Å². The van der Waals surface area contributed by atoms with Gasteiger partial charge in [-0.3, -0.25) is 4.79 Å². The van der Waals surface area contributed by atoms with Gasteiger partial charge < -0.3 is 9.73 Å². The third kappa shape index (κ3) is 4.72. The molecule has 0 aliphatic carbocycles. The second kappa shape index (κ2) is 8.59. The molecule has 1 aromatic carbocycles. The molecule has 0 bridgehead atoms. The van der Waals surface area contributed by atoms with E-state index in [0.29, 0.717) is 22.5 Å². The predicted octanol–water partition coefficient (Wildman–Crippen LogP) is 5.14. The van der Waals surface area contributed by atoms with Crippen LogP contribution in [0.3, 0.4) is 0 Å². The fourth-order valence-corrected chi connectivity index (χ4v) is 4.19. The third-order valence-corrected chi connectivity index (χ3v) is 5.92. The number of amides is 1. The molecule has 1 N–H and O–H groups in total. The number of rotatable bonds is 6. The Morgan fingerprint density at radius 1 is 1.17 bits per heavy atom. The van der Waals surface area contributed by atoms with E-state index in [9.17, 15) is 4.79 Å². The first-order chi connectivity index (χ1) is 14.1. The lowest BCUT2D eigenvalue weighted by atomic mass is 10.2. The summed E-state index contributed by atoms with van der Waals surface area (Å²) in [4.78, 5) is 27.4. The Morgan fingerprint density at radius 3 is 2.72 bits per heavy atom. The molecule has 0 radical (unpaired) electrons. The molecular formula is C21H18N4O2S2. The van der Waals surface area contributed by atoms with E-state index in [1.165, 1.54) is 11.8 Å². The SMILES string of the molecule is Cc1cc(Sc2ncccn2)ccc1NC(=O)Cc1nc(-c2cccs2)oc1C. The number of hydrogen-bond acceptors (Lipinski definition) is 7. The Bertz CT molecular complexity index is 1130. The molecule has 4 aromatic rings. The lowest BCUT2D eigenvalue weighted by Crippen LogP contribution is -2.15. The minimum atomic E-state index is -0.131. The van der Waals surface area contributed by atoms with Gasteiger partial charge in [0.05, 0.1) is 17.0 Å². The zero-order valence-electron chi connectivity index (χ0n) is 15.9. The summed E-state index contributed by atoms with van der Waals surface area (Å²) in [6.45, 7) is 3.79. The summed E-state index contributed by atoms with van der Waals surface area (Å²) in [5, 5.41) is 5.62.